The highest BCUT2D eigenvalue weighted by molar-refractivity contribution is 7.89. The highest BCUT2D eigenvalue weighted by Crippen LogP contribution is 2.24. The molecule has 2 aromatic carbocycles. The summed E-state index contributed by atoms with van der Waals surface area (Å²) in [6.07, 6.45) is 2.58. The first-order valence-electron chi connectivity index (χ1n) is 10.7. The summed E-state index contributed by atoms with van der Waals surface area (Å²) in [7, 11) is -3.80. The van der Waals surface area contributed by atoms with Gasteiger partial charge in [-0.3, -0.25) is 9.59 Å². The largest absolute Gasteiger partial charge is 0.350 e. The van der Waals surface area contributed by atoms with Crippen molar-refractivity contribution in [1.29, 1.82) is 0 Å². The molecule has 0 spiro atoms. The Morgan fingerprint density at radius 1 is 1.03 bits per heavy atom. The fourth-order valence-electron chi connectivity index (χ4n) is 3.64. The maximum atomic E-state index is 13.2. The van der Waals surface area contributed by atoms with E-state index in [1.165, 1.54) is 33.5 Å². The number of piperidine rings is 1. The van der Waals surface area contributed by atoms with Crippen LogP contribution < -0.4 is 5.32 Å². The lowest BCUT2D eigenvalue weighted by Gasteiger charge is -2.27. The van der Waals surface area contributed by atoms with Crippen LogP contribution in [0.15, 0.2) is 53.4 Å². The van der Waals surface area contributed by atoms with Crippen LogP contribution in [0.3, 0.4) is 0 Å². The Morgan fingerprint density at radius 2 is 1.69 bits per heavy atom. The van der Waals surface area contributed by atoms with Gasteiger partial charge in [-0.05, 0) is 49.6 Å². The van der Waals surface area contributed by atoms with E-state index in [1.54, 1.807) is 31.2 Å². The summed E-state index contributed by atoms with van der Waals surface area (Å²) in [4.78, 5) is 26.9. The van der Waals surface area contributed by atoms with Crippen LogP contribution in [0.25, 0.3) is 0 Å². The molecule has 0 unspecified atom stereocenters. The molecule has 1 saturated heterocycles. The number of carbonyl (C=O) groups is 2. The van der Waals surface area contributed by atoms with Gasteiger partial charge in [0.1, 0.15) is 5.82 Å². The summed E-state index contributed by atoms with van der Waals surface area (Å²) in [5.74, 6) is -1.26. The first kappa shape index (κ1) is 23.9. The molecule has 0 aliphatic carbocycles. The third-order valence-electron chi connectivity index (χ3n) is 5.46. The summed E-state index contributed by atoms with van der Waals surface area (Å²) < 4.78 is 40.8. The van der Waals surface area contributed by atoms with Gasteiger partial charge in [-0.25, -0.2) is 12.8 Å². The molecule has 32 heavy (non-hydrogen) atoms. The standard InChI is InChI=1S/C23H28FN3O4S/c1-2-26(17-22(28)25-16-18-10-12-19(24)13-11-18)23(29)20-8-4-5-9-21(20)32(30,31)27-14-6-3-7-15-27/h4-5,8-13H,2-3,6-7,14-17H2,1H3,(H,25,28). The van der Waals surface area contributed by atoms with Crippen molar-refractivity contribution >= 4 is 21.8 Å². The monoisotopic (exact) mass is 461 g/mol. The van der Waals surface area contributed by atoms with E-state index in [4.69, 9.17) is 0 Å². The van der Waals surface area contributed by atoms with Gasteiger partial charge in [0.2, 0.25) is 15.9 Å². The number of halogens is 1. The second-order valence-electron chi connectivity index (χ2n) is 7.68. The summed E-state index contributed by atoms with van der Waals surface area (Å²) >= 11 is 0. The molecule has 7 nitrogen and oxygen atoms in total. The van der Waals surface area contributed by atoms with Crippen LogP contribution in [-0.4, -0.2) is 55.6 Å². The molecule has 2 aromatic rings. The second kappa shape index (κ2) is 10.7. The van der Waals surface area contributed by atoms with Crippen LogP contribution in [0.5, 0.6) is 0 Å². The van der Waals surface area contributed by atoms with Crippen molar-refractivity contribution in [2.45, 2.75) is 37.6 Å². The molecule has 0 bridgehead atoms. The van der Waals surface area contributed by atoms with Gasteiger partial charge in [-0.15, -0.1) is 0 Å². The molecule has 1 N–H and O–H groups in total. The number of likely N-dealkylation sites (N-methyl/N-ethyl adjacent to an activating group) is 1. The van der Waals surface area contributed by atoms with Gasteiger partial charge in [0.25, 0.3) is 5.91 Å². The lowest BCUT2D eigenvalue weighted by molar-refractivity contribution is -0.121. The van der Waals surface area contributed by atoms with E-state index < -0.39 is 15.9 Å². The molecule has 1 fully saturated rings. The Morgan fingerprint density at radius 3 is 2.34 bits per heavy atom. The smallest absolute Gasteiger partial charge is 0.255 e. The number of sulfonamides is 1. The Labute approximate surface area is 188 Å². The molecule has 0 radical (unpaired) electrons. The SMILES string of the molecule is CCN(CC(=O)NCc1ccc(F)cc1)C(=O)c1ccccc1S(=O)(=O)N1CCCCC1. The highest BCUT2D eigenvalue weighted by Gasteiger charge is 2.31. The van der Waals surface area contributed by atoms with Crippen LogP contribution in [0, 0.1) is 5.82 Å². The summed E-state index contributed by atoms with van der Waals surface area (Å²) in [6.45, 7) is 2.83. The number of amides is 2. The number of hydrogen-bond acceptors (Lipinski definition) is 4. The van der Waals surface area contributed by atoms with E-state index in [-0.39, 0.29) is 41.8 Å². The first-order chi connectivity index (χ1) is 15.3. The van der Waals surface area contributed by atoms with E-state index in [0.717, 1.165) is 24.8 Å². The van der Waals surface area contributed by atoms with Gasteiger partial charge >= 0.3 is 0 Å². The van der Waals surface area contributed by atoms with Gasteiger partial charge in [-0.2, -0.15) is 4.31 Å². The normalized spacial score (nSPS) is 14.7. The highest BCUT2D eigenvalue weighted by atomic mass is 32.2. The Bertz CT molecular complexity index is 1050. The zero-order valence-corrected chi connectivity index (χ0v) is 18.9. The van der Waals surface area contributed by atoms with Crippen molar-refractivity contribution in [1.82, 2.24) is 14.5 Å². The number of benzene rings is 2. The molecule has 0 aromatic heterocycles. The second-order valence-corrected chi connectivity index (χ2v) is 9.59. The van der Waals surface area contributed by atoms with Gasteiger partial charge < -0.3 is 10.2 Å². The number of rotatable bonds is 8. The number of carbonyl (C=O) groups excluding carboxylic acids is 2. The van der Waals surface area contributed by atoms with Crippen molar-refractivity contribution in [3.05, 3.63) is 65.5 Å². The third kappa shape index (κ3) is 5.72. The molecule has 1 aliphatic heterocycles. The molecule has 0 saturated carbocycles. The maximum Gasteiger partial charge on any atom is 0.255 e. The molecule has 172 valence electrons. The van der Waals surface area contributed by atoms with Gasteiger partial charge in [0, 0.05) is 26.2 Å². The predicted molar refractivity (Wildman–Crippen MR) is 119 cm³/mol. The Kier molecular flexibility index (Phi) is 7.98. The van der Waals surface area contributed by atoms with Crippen LogP contribution >= 0.6 is 0 Å². The molecule has 9 heteroatoms. The third-order valence-corrected chi connectivity index (χ3v) is 7.41. The summed E-state index contributed by atoms with van der Waals surface area (Å²) in [5.41, 5.74) is 0.790. The van der Waals surface area contributed by atoms with Gasteiger partial charge in [-0.1, -0.05) is 30.7 Å². The lowest BCUT2D eigenvalue weighted by atomic mass is 10.2. The van der Waals surface area contributed by atoms with E-state index >= 15 is 0 Å². The predicted octanol–water partition coefficient (Wildman–Crippen LogP) is 2.78. The number of nitrogens with one attached hydrogen (secondary N) is 1. The first-order valence-corrected chi connectivity index (χ1v) is 12.2. The van der Waals surface area contributed by atoms with E-state index in [2.05, 4.69) is 5.32 Å². The van der Waals surface area contributed by atoms with Crippen molar-refractivity contribution in [3.8, 4) is 0 Å². The van der Waals surface area contributed by atoms with Crippen LogP contribution in [0.1, 0.15) is 42.1 Å². The fraction of sp³-hybridized carbons (Fsp3) is 0.391. The number of hydrogen-bond donors (Lipinski definition) is 1. The lowest BCUT2D eigenvalue weighted by Crippen LogP contribution is -2.41. The van der Waals surface area contributed by atoms with Crippen LogP contribution in [0.4, 0.5) is 4.39 Å². The Balaban J connectivity index is 1.72. The topological polar surface area (TPSA) is 86.8 Å². The minimum absolute atomic E-state index is 0.0305. The molecule has 3 rings (SSSR count). The Hall–Kier alpha value is -2.78. The van der Waals surface area contributed by atoms with E-state index in [1.807, 2.05) is 0 Å². The molecule has 2 amide bonds. The van der Waals surface area contributed by atoms with Gasteiger partial charge in [0.15, 0.2) is 0 Å². The van der Waals surface area contributed by atoms with Crippen molar-refractivity contribution in [2.75, 3.05) is 26.2 Å². The molecule has 0 atom stereocenters. The maximum absolute atomic E-state index is 13.2. The quantitative estimate of drug-likeness (QED) is 0.655. The summed E-state index contributed by atoms with van der Waals surface area (Å²) in [5, 5.41) is 2.70. The average molecular weight is 462 g/mol. The zero-order chi connectivity index (χ0) is 23.1. The van der Waals surface area contributed by atoms with Crippen molar-refractivity contribution in [3.63, 3.8) is 0 Å². The zero-order valence-electron chi connectivity index (χ0n) is 18.1. The minimum Gasteiger partial charge on any atom is -0.350 e. The molecular formula is C23H28FN3O4S. The van der Waals surface area contributed by atoms with E-state index in [9.17, 15) is 22.4 Å². The fourth-order valence-corrected chi connectivity index (χ4v) is 5.34. The molecule has 1 heterocycles. The van der Waals surface area contributed by atoms with Crippen molar-refractivity contribution in [2.24, 2.45) is 0 Å². The van der Waals surface area contributed by atoms with Gasteiger partial charge in [0.05, 0.1) is 17.0 Å². The van der Waals surface area contributed by atoms with Crippen LogP contribution in [-0.2, 0) is 21.4 Å². The van der Waals surface area contributed by atoms with E-state index in [0.29, 0.717) is 13.1 Å². The molecule has 1 aliphatic rings. The summed E-state index contributed by atoms with van der Waals surface area (Å²) in [6, 6.07) is 11.9. The van der Waals surface area contributed by atoms with Crippen molar-refractivity contribution < 1.29 is 22.4 Å². The van der Waals surface area contributed by atoms with Crippen LogP contribution in [0.2, 0.25) is 0 Å². The average Bonchev–Trinajstić information content (AvgIpc) is 2.82. The minimum atomic E-state index is -3.80. The molecular weight excluding hydrogens is 433 g/mol. The number of nitrogens with zero attached hydrogens (tertiary/aromatic N) is 2.